The van der Waals surface area contributed by atoms with E-state index in [0.717, 1.165) is 22.3 Å². The van der Waals surface area contributed by atoms with Crippen LogP contribution in [-0.4, -0.2) is 15.1 Å². The number of anilines is 1. The predicted molar refractivity (Wildman–Crippen MR) is 85.3 cm³/mol. The standard InChI is InChI=1S/C17H13N5/c18-16-17(20-15-9-5-4-8-14(15)19-16)22-11-10-13(21-22)12-6-2-1-3-7-12/h1-11H,(H2,18,19)/p+1. The Hall–Kier alpha value is -3.21. The third kappa shape index (κ3) is 2.09. The van der Waals surface area contributed by atoms with Gasteiger partial charge in [-0.1, -0.05) is 42.5 Å². The molecule has 5 heteroatoms. The van der Waals surface area contributed by atoms with Crippen molar-refractivity contribution in [3.63, 3.8) is 0 Å². The predicted octanol–water partition coefficient (Wildman–Crippen LogP) is 2.48. The molecule has 2 heterocycles. The summed E-state index contributed by atoms with van der Waals surface area (Å²) in [5, 5.41) is 3.29. The summed E-state index contributed by atoms with van der Waals surface area (Å²) in [5.74, 6) is 0.992. The molecule has 0 aliphatic rings. The topological polar surface area (TPSA) is 71.5 Å². The minimum absolute atomic E-state index is 0.394. The second-order valence-electron chi connectivity index (χ2n) is 5.00. The van der Waals surface area contributed by atoms with Gasteiger partial charge in [0.1, 0.15) is 11.7 Å². The maximum atomic E-state index is 6.05. The number of benzene rings is 2. The third-order valence-corrected chi connectivity index (χ3v) is 3.52. The van der Waals surface area contributed by atoms with Crippen molar-refractivity contribution in [1.82, 2.24) is 15.1 Å². The fourth-order valence-corrected chi connectivity index (χ4v) is 2.44. The minimum atomic E-state index is 0.394. The summed E-state index contributed by atoms with van der Waals surface area (Å²) in [4.78, 5) is 9.00. The summed E-state index contributed by atoms with van der Waals surface area (Å²) < 4.78 is 1.79. The van der Waals surface area contributed by atoms with Crippen LogP contribution < -0.4 is 10.4 Å². The van der Waals surface area contributed by atoms with Gasteiger partial charge < -0.3 is 5.73 Å². The highest BCUT2D eigenvalue weighted by atomic mass is 15.3. The number of nitrogens with one attached hydrogen (secondary N) is 1. The molecule has 3 N–H and O–H groups in total. The lowest BCUT2D eigenvalue weighted by Crippen LogP contribution is -2.34. The first-order valence-corrected chi connectivity index (χ1v) is 7.00. The van der Waals surface area contributed by atoms with Gasteiger partial charge >= 0.3 is 5.82 Å². The molecule has 22 heavy (non-hydrogen) atoms. The first-order chi connectivity index (χ1) is 10.8. The lowest BCUT2D eigenvalue weighted by Gasteiger charge is -1.98. The second kappa shape index (κ2) is 4.96. The van der Waals surface area contributed by atoms with Gasteiger partial charge in [0.25, 0.3) is 0 Å². The van der Waals surface area contributed by atoms with E-state index in [1.54, 1.807) is 4.68 Å². The maximum absolute atomic E-state index is 6.05. The van der Waals surface area contributed by atoms with Crippen molar-refractivity contribution in [2.75, 3.05) is 5.73 Å². The van der Waals surface area contributed by atoms with Crippen molar-refractivity contribution in [3.05, 3.63) is 66.9 Å². The number of nitrogen functional groups attached to an aromatic ring is 1. The summed E-state index contributed by atoms with van der Waals surface area (Å²) in [7, 11) is 0. The number of hydrogen-bond donors (Lipinski definition) is 2. The highest BCUT2D eigenvalue weighted by Crippen LogP contribution is 2.17. The first kappa shape index (κ1) is 12.5. The number of H-pyrrole nitrogens is 1. The fraction of sp³-hybridized carbons (Fsp3) is 0. The maximum Gasteiger partial charge on any atom is 0.389 e. The van der Waals surface area contributed by atoms with E-state index in [9.17, 15) is 0 Å². The van der Waals surface area contributed by atoms with Crippen LogP contribution in [0.15, 0.2) is 66.9 Å². The van der Waals surface area contributed by atoms with Crippen molar-refractivity contribution < 1.29 is 4.68 Å². The molecule has 0 spiro atoms. The van der Waals surface area contributed by atoms with Crippen LogP contribution >= 0.6 is 0 Å². The Kier molecular flexibility index (Phi) is 2.83. The molecule has 0 amide bonds. The van der Waals surface area contributed by atoms with E-state index >= 15 is 0 Å². The first-order valence-electron chi connectivity index (χ1n) is 7.00. The lowest BCUT2D eigenvalue weighted by molar-refractivity contribution is -0.657. The number of aromatic nitrogens is 4. The monoisotopic (exact) mass is 288 g/mol. The molecule has 0 aliphatic heterocycles. The second-order valence-corrected chi connectivity index (χ2v) is 5.00. The van der Waals surface area contributed by atoms with Crippen LogP contribution in [0.4, 0.5) is 5.82 Å². The number of para-hydroxylation sites is 2. The third-order valence-electron chi connectivity index (χ3n) is 3.52. The Bertz CT molecular complexity index is 944. The molecule has 4 aromatic rings. The molecule has 106 valence electrons. The highest BCUT2D eigenvalue weighted by Gasteiger charge is 2.18. The van der Waals surface area contributed by atoms with Crippen LogP contribution in [0.1, 0.15) is 0 Å². The summed E-state index contributed by atoms with van der Waals surface area (Å²) in [6, 6.07) is 19.8. The van der Waals surface area contributed by atoms with E-state index < -0.39 is 0 Å². The molecule has 0 saturated heterocycles. The average Bonchev–Trinajstić information content (AvgIpc) is 3.05. The molecule has 0 fully saturated rings. The van der Waals surface area contributed by atoms with Gasteiger partial charge in [0.2, 0.25) is 11.3 Å². The van der Waals surface area contributed by atoms with Gasteiger partial charge in [-0.05, 0) is 17.1 Å². The van der Waals surface area contributed by atoms with Crippen molar-refractivity contribution in [2.24, 2.45) is 0 Å². The van der Waals surface area contributed by atoms with E-state index in [2.05, 4.69) is 15.1 Å². The van der Waals surface area contributed by atoms with Gasteiger partial charge in [0, 0.05) is 11.6 Å². The summed E-state index contributed by atoms with van der Waals surface area (Å²) in [6.45, 7) is 0. The Morgan fingerprint density at radius 1 is 0.818 bits per heavy atom. The van der Waals surface area contributed by atoms with Gasteiger partial charge in [-0.3, -0.25) is 0 Å². The van der Waals surface area contributed by atoms with Crippen molar-refractivity contribution in [3.8, 4) is 17.1 Å². The van der Waals surface area contributed by atoms with Crippen molar-refractivity contribution in [2.45, 2.75) is 0 Å². The molecular weight excluding hydrogens is 274 g/mol. The number of aromatic amines is 1. The molecule has 0 radical (unpaired) electrons. The number of nitrogens with zero attached hydrogens (tertiary/aromatic N) is 3. The SMILES string of the molecule is Nc1nc2ccccc2nc1-[n+]1ccc(-c2ccccc2)[nH]1. The molecule has 2 aromatic heterocycles. The van der Waals surface area contributed by atoms with E-state index in [0.29, 0.717) is 11.6 Å². The largest absolute Gasteiger partial charge is 0.389 e. The van der Waals surface area contributed by atoms with Crippen LogP contribution in [0.2, 0.25) is 0 Å². The lowest BCUT2D eigenvalue weighted by atomic mass is 10.2. The zero-order valence-electron chi connectivity index (χ0n) is 11.8. The number of rotatable bonds is 2. The van der Waals surface area contributed by atoms with E-state index in [4.69, 9.17) is 5.73 Å². The van der Waals surface area contributed by atoms with Gasteiger partial charge in [-0.2, -0.15) is 0 Å². The smallest absolute Gasteiger partial charge is 0.377 e. The van der Waals surface area contributed by atoms with Crippen LogP contribution in [0.3, 0.4) is 0 Å². The molecule has 0 unspecified atom stereocenters. The summed E-state index contributed by atoms with van der Waals surface area (Å²) in [5.41, 5.74) is 9.76. The average molecular weight is 288 g/mol. The Morgan fingerprint density at radius 2 is 1.50 bits per heavy atom. The highest BCUT2D eigenvalue weighted by molar-refractivity contribution is 5.76. The van der Waals surface area contributed by atoms with Crippen molar-refractivity contribution >= 4 is 16.9 Å². The van der Waals surface area contributed by atoms with Crippen molar-refractivity contribution in [1.29, 1.82) is 0 Å². The van der Waals surface area contributed by atoms with Gasteiger partial charge in [-0.25, -0.2) is 10.1 Å². The fourth-order valence-electron chi connectivity index (χ4n) is 2.44. The van der Waals surface area contributed by atoms with Gasteiger partial charge in [-0.15, -0.1) is 4.68 Å². The Morgan fingerprint density at radius 3 is 2.27 bits per heavy atom. The molecular formula is C17H14N5+. The Balaban J connectivity index is 1.82. The van der Waals surface area contributed by atoms with Gasteiger partial charge in [0.15, 0.2) is 0 Å². The summed E-state index contributed by atoms with van der Waals surface area (Å²) in [6.07, 6.45) is 1.90. The Labute approximate surface area is 127 Å². The normalized spacial score (nSPS) is 10.9. The zero-order chi connectivity index (χ0) is 14.9. The van der Waals surface area contributed by atoms with E-state index in [1.165, 1.54) is 0 Å². The van der Waals surface area contributed by atoms with E-state index in [1.807, 2.05) is 66.9 Å². The number of fused-ring (bicyclic) bond motifs is 1. The molecule has 0 bridgehead atoms. The van der Waals surface area contributed by atoms with Crippen LogP contribution in [0.5, 0.6) is 0 Å². The molecule has 0 aliphatic carbocycles. The zero-order valence-corrected chi connectivity index (χ0v) is 11.8. The number of hydrogen-bond acceptors (Lipinski definition) is 3. The number of nitrogens with two attached hydrogens (primary N) is 1. The molecule has 0 atom stereocenters. The molecule has 4 rings (SSSR count). The molecule has 5 nitrogen and oxygen atoms in total. The van der Waals surface area contributed by atoms with Crippen LogP contribution in [0, 0.1) is 0 Å². The van der Waals surface area contributed by atoms with Crippen LogP contribution in [0.25, 0.3) is 28.1 Å². The molecule has 2 aromatic carbocycles. The quantitative estimate of drug-likeness (QED) is 0.557. The van der Waals surface area contributed by atoms with Gasteiger partial charge in [0.05, 0.1) is 5.69 Å². The van der Waals surface area contributed by atoms with E-state index in [-0.39, 0.29) is 0 Å². The molecule has 0 saturated carbocycles. The van der Waals surface area contributed by atoms with Crippen LogP contribution in [-0.2, 0) is 0 Å². The minimum Gasteiger partial charge on any atom is -0.377 e. The summed E-state index contributed by atoms with van der Waals surface area (Å²) >= 11 is 0.